The molecule has 3 saturated heterocycles. The van der Waals surface area contributed by atoms with Gasteiger partial charge in [-0.1, -0.05) is 46.3 Å². The van der Waals surface area contributed by atoms with E-state index in [-0.39, 0.29) is 5.92 Å². The highest BCUT2D eigenvalue weighted by Crippen LogP contribution is 2.34. The van der Waals surface area contributed by atoms with Crippen LogP contribution in [-0.4, -0.2) is 28.3 Å². The lowest BCUT2D eigenvalue weighted by atomic mass is 9.84. The topological polar surface area (TPSA) is 25.2 Å². The van der Waals surface area contributed by atoms with Crippen molar-refractivity contribution in [1.82, 2.24) is 9.47 Å². The summed E-state index contributed by atoms with van der Waals surface area (Å²) in [5, 5.41) is 1.18. The van der Waals surface area contributed by atoms with Crippen LogP contribution in [0.3, 0.4) is 0 Å². The van der Waals surface area contributed by atoms with E-state index in [4.69, 9.17) is 0 Å². The monoisotopic (exact) mass is 420 g/mol. The minimum absolute atomic E-state index is 0.227. The summed E-state index contributed by atoms with van der Waals surface area (Å²) in [4.78, 5) is 15.0. The van der Waals surface area contributed by atoms with Crippen molar-refractivity contribution in [3.8, 4) is 0 Å². The van der Waals surface area contributed by atoms with Gasteiger partial charge in [0, 0.05) is 52.7 Å². The lowest BCUT2D eigenvalue weighted by molar-refractivity contribution is -0.125. The van der Waals surface area contributed by atoms with E-state index in [9.17, 15) is 4.79 Å². The summed E-state index contributed by atoms with van der Waals surface area (Å²) in [5.41, 5.74) is 4.49. The van der Waals surface area contributed by atoms with Crippen LogP contribution in [0.5, 0.6) is 0 Å². The number of piperidine rings is 3. The third-order valence-corrected chi connectivity index (χ3v) is 6.31. The van der Waals surface area contributed by atoms with E-state index in [2.05, 4.69) is 80.1 Å². The molecule has 4 heteroatoms. The van der Waals surface area contributed by atoms with Crippen LogP contribution in [0.1, 0.15) is 24.0 Å². The van der Waals surface area contributed by atoms with Crippen molar-refractivity contribution < 1.29 is 4.79 Å². The normalized spacial score (nSPS) is 18.8. The van der Waals surface area contributed by atoms with Gasteiger partial charge < -0.3 is 9.47 Å². The van der Waals surface area contributed by atoms with E-state index < -0.39 is 0 Å². The largest absolute Gasteiger partial charge is 0.369 e. The van der Waals surface area contributed by atoms with Gasteiger partial charge in [0.15, 0.2) is 5.78 Å². The first kappa shape index (κ1) is 16.8. The van der Waals surface area contributed by atoms with Crippen LogP contribution in [0.2, 0.25) is 0 Å². The molecule has 0 N–H and O–H groups in total. The second kappa shape index (κ2) is 6.68. The number of ketones is 1. The fourth-order valence-corrected chi connectivity index (χ4v) is 4.74. The van der Waals surface area contributed by atoms with Gasteiger partial charge in [-0.25, -0.2) is 0 Å². The number of rotatable bonds is 3. The molecular weight excluding hydrogens is 400 g/mol. The molecule has 0 saturated carbocycles. The third kappa shape index (κ3) is 3.02. The summed E-state index contributed by atoms with van der Waals surface area (Å²) in [6.45, 7) is 2.84. The van der Waals surface area contributed by atoms with E-state index >= 15 is 0 Å². The Kier molecular flexibility index (Phi) is 4.16. The fraction of sp³-hybridized carbons (Fsp3) is 0.261. The van der Waals surface area contributed by atoms with E-state index in [1.807, 2.05) is 6.07 Å². The average Bonchev–Trinajstić information content (AvgIpc) is 3.02. The Hall–Kier alpha value is -2.33. The Morgan fingerprint density at radius 3 is 2.59 bits per heavy atom. The number of aromatic nitrogens is 1. The molecule has 27 heavy (non-hydrogen) atoms. The van der Waals surface area contributed by atoms with Crippen LogP contribution in [0.15, 0.2) is 64.9 Å². The fourth-order valence-electron chi connectivity index (χ4n) is 4.38. The zero-order valence-electron chi connectivity index (χ0n) is 15.1. The van der Waals surface area contributed by atoms with E-state index in [1.165, 1.54) is 16.5 Å². The third-order valence-electron chi connectivity index (χ3n) is 5.82. The van der Waals surface area contributed by atoms with Gasteiger partial charge in [-0.05, 0) is 42.7 Å². The number of halogens is 1. The molecule has 0 unspecified atom stereocenters. The molecule has 6 rings (SSSR count). The molecule has 1 aromatic heterocycles. The molecule has 0 amide bonds. The number of carbonyl (C=O) groups excluding carboxylic acids is 1. The van der Waals surface area contributed by atoms with Gasteiger partial charge in [-0.15, -0.1) is 0 Å². The minimum Gasteiger partial charge on any atom is -0.369 e. The number of hydrogen-bond acceptors (Lipinski definition) is 2. The van der Waals surface area contributed by atoms with Crippen LogP contribution >= 0.6 is 15.9 Å². The minimum atomic E-state index is 0.227. The molecule has 136 valence electrons. The Labute approximate surface area is 167 Å². The predicted molar refractivity (Wildman–Crippen MR) is 112 cm³/mol. The van der Waals surface area contributed by atoms with Gasteiger partial charge in [0.2, 0.25) is 0 Å². The summed E-state index contributed by atoms with van der Waals surface area (Å²) >= 11 is 3.61. The molecule has 2 bridgehead atoms. The number of hydrogen-bond donors (Lipinski definition) is 0. The highest BCUT2D eigenvalue weighted by Gasteiger charge is 2.36. The molecule has 0 atom stereocenters. The summed E-state index contributed by atoms with van der Waals surface area (Å²) in [6.07, 6.45) is 6.33. The number of Topliss-reactive ketones (excluding diaryl/α,β-unsaturated/α-hetero) is 1. The zero-order chi connectivity index (χ0) is 18.4. The predicted octanol–water partition coefficient (Wildman–Crippen LogP) is 5.09. The number of fused-ring (bicyclic) bond motifs is 4. The summed E-state index contributed by atoms with van der Waals surface area (Å²) in [5.74, 6) is 0.553. The van der Waals surface area contributed by atoms with Crippen molar-refractivity contribution in [3.05, 3.63) is 76.0 Å². The summed E-state index contributed by atoms with van der Waals surface area (Å²) in [7, 11) is 0. The Balaban J connectivity index is 1.61. The van der Waals surface area contributed by atoms with Gasteiger partial charge in [0.25, 0.3) is 0 Å². The maximum Gasteiger partial charge on any atom is 0.182 e. The van der Waals surface area contributed by atoms with Crippen LogP contribution in [-0.2, 0) is 11.3 Å². The molecule has 0 radical (unpaired) electrons. The standard InChI is InChI=1S/C23H21BrN2O/c24-19-6-7-21-20(13-19)18(15-26(21)14-16-4-2-1-3-5-16)12-22-23(27)17-8-10-25(22)11-9-17/h1-7,12-13,15,17H,8-11,14H2/b22-12-. The lowest BCUT2D eigenvalue weighted by Gasteiger charge is -2.41. The second-order valence-electron chi connectivity index (χ2n) is 7.51. The van der Waals surface area contributed by atoms with Crippen molar-refractivity contribution in [2.75, 3.05) is 13.1 Å². The van der Waals surface area contributed by atoms with Crippen LogP contribution in [0, 0.1) is 5.92 Å². The molecule has 2 aromatic carbocycles. The zero-order valence-corrected chi connectivity index (χ0v) is 16.7. The van der Waals surface area contributed by atoms with Crippen molar-refractivity contribution in [2.24, 2.45) is 5.92 Å². The van der Waals surface area contributed by atoms with Crippen molar-refractivity contribution in [3.63, 3.8) is 0 Å². The Bertz CT molecular complexity index is 1040. The number of nitrogens with zero attached hydrogens (tertiary/aromatic N) is 2. The van der Waals surface area contributed by atoms with Gasteiger partial charge in [-0.2, -0.15) is 0 Å². The van der Waals surface area contributed by atoms with Crippen LogP contribution in [0.4, 0.5) is 0 Å². The maximum atomic E-state index is 12.8. The average molecular weight is 421 g/mol. The molecule has 0 aliphatic carbocycles. The van der Waals surface area contributed by atoms with E-state index in [0.29, 0.717) is 5.78 Å². The highest BCUT2D eigenvalue weighted by molar-refractivity contribution is 9.10. The first-order chi connectivity index (χ1) is 13.2. The molecule has 3 fully saturated rings. The SMILES string of the molecule is O=C1/C(=C/c2cn(Cc3ccccc3)c3ccc(Br)cc23)N2CCC1CC2. The molecule has 3 aliphatic heterocycles. The number of benzene rings is 2. The van der Waals surface area contributed by atoms with Crippen molar-refractivity contribution >= 4 is 38.7 Å². The van der Waals surface area contributed by atoms with Crippen LogP contribution < -0.4 is 0 Å². The first-order valence-electron chi connectivity index (χ1n) is 9.52. The highest BCUT2D eigenvalue weighted by atomic mass is 79.9. The van der Waals surface area contributed by atoms with Gasteiger partial charge in [0.05, 0.1) is 5.70 Å². The first-order valence-corrected chi connectivity index (χ1v) is 10.3. The number of allylic oxidation sites excluding steroid dienone is 1. The Morgan fingerprint density at radius 1 is 1.07 bits per heavy atom. The molecule has 3 aliphatic rings. The second-order valence-corrected chi connectivity index (χ2v) is 8.43. The van der Waals surface area contributed by atoms with Gasteiger partial charge in [-0.3, -0.25) is 4.79 Å². The molecule has 0 spiro atoms. The van der Waals surface area contributed by atoms with Crippen LogP contribution in [0.25, 0.3) is 17.0 Å². The molecular formula is C23H21BrN2O. The van der Waals surface area contributed by atoms with E-state index in [1.54, 1.807) is 0 Å². The lowest BCUT2D eigenvalue weighted by Crippen LogP contribution is -2.45. The Morgan fingerprint density at radius 2 is 1.85 bits per heavy atom. The van der Waals surface area contributed by atoms with E-state index in [0.717, 1.165) is 48.2 Å². The quantitative estimate of drug-likeness (QED) is 0.551. The summed E-state index contributed by atoms with van der Waals surface area (Å²) in [6, 6.07) is 16.9. The van der Waals surface area contributed by atoms with Crippen molar-refractivity contribution in [1.29, 1.82) is 0 Å². The van der Waals surface area contributed by atoms with Crippen molar-refractivity contribution in [2.45, 2.75) is 19.4 Å². The van der Waals surface area contributed by atoms with Gasteiger partial charge >= 0.3 is 0 Å². The maximum absolute atomic E-state index is 12.8. The number of carbonyl (C=O) groups is 1. The summed E-state index contributed by atoms with van der Waals surface area (Å²) < 4.78 is 3.34. The molecule has 3 nitrogen and oxygen atoms in total. The molecule has 3 aromatic rings. The van der Waals surface area contributed by atoms with Gasteiger partial charge in [0.1, 0.15) is 0 Å². The molecule has 4 heterocycles. The smallest absolute Gasteiger partial charge is 0.182 e.